The summed E-state index contributed by atoms with van der Waals surface area (Å²) in [4.78, 5) is 10.4. The maximum atomic E-state index is 11.6. The molecule has 0 saturated heterocycles. The second kappa shape index (κ2) is 3.54. The Kier molecular flexibility index (Phi) is 3.31. The van der Waals surface area contributed by atoms with E-state index in [2.05, 4.69) is 9.47 Å². The molecule has 0 aliphatic rings. The van der Waals surface area contributed by atoms with Crippen LogP contribution >= 0.6 is 10.2 Å². The first-order chi connectivity index (χ1) is 6.43. The first kappa shape index (κ1) is 14.0. The van der Waals surface area contributed by atoms with Crippen molar-refractivity contribution >= 4 is 16.4 Å². The Labute approximate surface area is 82.6 Å². The third-order valence-electron chi connectivity index (χ3n) is 0.913. The summed E-state index contributed by atoms with van der Waals surface area (Å²) in [5.41, 5.74) is 0. The maximum absolute atomic E-state index is 11.6. The average molecular weight is 256 g/mol. The minimum absolute atomic E-state index is 0.0124. The summed E-state index contributed by atoms with van der Waals surface area (Å²) < 4.78 is 66.3. The van der Waals surface area contributed by atoms with E-state index in [4.69, 9.17) is 0 Å². The second-order valence-corrected chi connectivity index (χ2v) is 4.72. The van der Waals surface area contributed by atoms with E-state index < -0.39 is 28.4 Å². The molecule has 0 aliphatic heterocycles. The summed E-state index contributed by atoms with van der Waals surface area (Å²) >= 11 is 0. The SMILES string of the molecule is CCOC(=O)OC/C=C/S(F)(F)(F)(F)F. The van der Waals surface area contributed by atoms with Crippen molar-refractivity contribution in [1.82, 2.24) is 0 Å². The summed E-state index contributed by atoms with van der Waals surface area (Å²) in [5.74, 6) is 0. The quantitative estimate of drug-likeness (QED) is 0.564. The topological polar surface area (TPSA) is 35.5 Å². The molecule has 0 heterocycles. The fraction of sp³-hybridized carbons (Fsp3) is 0.500. The maximum Gasteiger partial charge on any atom is 0.508 e. The Morgan fingerprint density at radius 3 is 2.13 bits per heavy atom. The first-order valence-corrected chi connectivity index (χ1v) is 5.66. The fourth-order valence-corrected chi connectivity index (χ4v) is 0.939. The van der Waals surface area contributed by atoms with Crippen LogP contribution in [0.25, 0.3) is 0 Å². The predicted molar refractivity (Wildman–Crippen MR) is 45.2 cm³/mol. The molecule has 0 aromatic rings. The van der Waals surface area contributed by atoms with Crippen molar-refractivity contribution in [3.63, 3.8) is 0 Å². The smallest absolute Gasteiger partial charge is 0.435 e. The summed E-state index contributed by atoms with van der Waals surface area (Å²) in [7, 11) is -9.55. The third kappa shape index (κ3) is 10.9. The molecule has 0 rings (SSSR count). The molecule has 0 amide bonds. The molecule has 0 bridgehead atoms. The molecule has 0 saturated carbocycles. The molecule has 0 fully saturated rings. The zero-order valence-electron chi connectivity index (χ0n) is 7.59. The van der Waals surface area contributed by atoms with Gasteiger partial charge in [0, 0.05) is 0 Å². The fourth-order valence-electron chi connectivity index (χ4n) is 0.497. The summed E-state index contributed by atoms with van der Waals surface area (Å²) in [6.45, 7) is 0.500. The molecule has 3 nitrogen and oxygen atoms in total. The van der Waals surface area contributed by atoms with Gasteiger partial charge < -0.3 is 9.47 Å². The van der Waals surface area contributed by atoms with Gasteiger partial charge in [0.25, 0.3) is 0 Å². The lowest BCUT2D eigenvalue weighted by Crippen LogP contribution is -2.07. The van der Waals surface area contributed by atoms with Crippen LogP contribution in [0.15, 0.2) is 11.5 Å². The van der Waals surface area contributed by atoms with Gasteiger partial charge in [-0.2, -0.15) is 0 Å². The molecule has 0 aromatic heterocycles. The number of rotatable bonds is 4. The van der Waals surface area contributed by atoms with Gasteiger partial charge in [0.2, 0.25) is 0 Å². The van der Waals surface area contributed by atoms with E-state index in [-0.39, 0.29) is 12.7 Å². The normalized spacial score (nSPS) is 16.9. The molecule has 15 heavy (non-hydrogen) atoms. The van der Waals surface area contributed by atoms with Crippen molar-refractivity contribution in [3.05, 3.63) is 11.5 Å². The highest BCUT2D eigenvalue weighted by Gasteiger charge is 2.60. The van der Waals surface area contributed by atoms with Crippen LogP contribution in [-0.4, -0.2) is 19.4 Å². The molecule has 0 aliphatic carbocycles. The van der Waals surface area contributed by atoms with Crippen molar-refractivity contribution in [3.8, 4) is 0 Å². The molecule has 9 heteroatoms. The first-order valence-electron chi connectivity index (χ1n) is 3.65. The molecular formula is C6H9F5O3S. The van der Waals surface area contributed by atoms with Gasteiger partial charge in [-0.1, -0.05) is 19.4 Å². The van der Waals surface area contributed by atoms with Gasteiger partial charge in [-0.05, 0) is 13.0 Å². The minimum Gasteiger partial charge on any atom is -0.435 e. The van der Waals surface area contributed by atoms with Crippen LogP contribution in [0.4, 0.5) is 24.2 Å². The summed E-state index contributed by atoms with van der Waals surface area (Å²) in [6, 6.07) is 0. The molecule has 0 radical (unpaired) electrons. The zero-order chi connectivity index (χ0) is 12.2. The van der Waals surface area contributed by atoms with E-state index in [1.54, 1.807) is 0 Å². The average Bonchev–Trinajstić information content (AvgIpc) is 1.95. The predicted octanol–water partition coefficient (Wildman–Crippen LogP) is 3.97. The molecule has 0 atom stereocenters. The largest absolute Gasteiger partial charge is 0.508 e. The van der Waals surface area contributed by atoms with Gasteiger partial charge in [-0.25, -0.2) is 4.79 Å². The monoisotopic (exact) mass is 256 g/mol. The molecule has 92 valence electrons. The summed E-state index contributed by atoms with van der Waals surface area (Å²) in [5, 5.41) is -1.18. The Morgan fingerprint density at radius 2 is 1.73 bits per heavy atom. The number of halogens is 5. The van der Waals surface area contributed by atoms with E-state index >= 15 is 0 Å². The standard InChI is InChI=1S/C6H9F5O3S/c1-2-13-6(12)14-4-3-5-15(7,8,9,10)11/h3,5H,2,4H2,1H3/b5-3+. The lowest BCUT2D eigenvalue weighted by atomic mass is 10.7. The van der Waals surface area contributed by atoms with E-state index in [0.717, 1.165) is 0 Å². The highest BCUT2D eigenvalue weighted by molar-refractivity contribution is 8.48. The third-order valence-corrected chi connectivity index (χ3v) is 1.62. The van der Waals surface area contributed by atoms with E-state index in [9.17, 15) is 24.2 Å². The Hall–Kier alpha value is -0.990. The van der Waals surface area contributed by atoms with Crippen LogP contribution in [0.2, 0.25) is 0 Å². The van der Waals surface area contributed by atoms with Gasteiger partial charge in [-0.3, -0.25) is 0 Å². The Balaban J connectivity index is 4.09. The van der Waals surface area contributed by atoms with Gasteiger partial charge in [0.05, 0.1) is 12.0 Å². The van der Waals surface area contributed by atoms with Crippen molar-refractivity contribution < 1.29 is 33.7 Å². The Bertz CT molecular complexity index is 268. The van der Waals surface area contributed by atoms with Crippen LogP contribution in [0.5, 0.6) is 0 Å². The highest BCUT2D eigenvalue weighted by Crippen LogP contribution is 2.98. The lowest BCUT2D eigenvalue weighted by Gasteiger charge is -2.36. The molecular weight excluding hydrogens is 247 g/mol. The second-order valence-electron chi connectivity index (χ2n) is 2.39. The number of hydrogen-bond donors (Lipinski definition) is 0. The van der Waals surface area contributed by atoms with E-state index in [1.807, 2.05) is 0 Å². The number of hydrogen-bond acceptors (Lipinski definition) is 3. The molecule has 0 aromatic carbocycles. The Morgan fingerprint density at radius 1 is 1.20 bits per heavy atom. The molecule has 0 spiro atoms. The molecule has 0 unspecified atom stereocenters. The minimum atomic E-state index is -9.55. The van der Waals surface area contributed by atoms with Crippen LogP contribution in [0.3, 0.4) is 0 Å². The van der Waals surface area contributed by atoms with Crippen LogP contribution < -0.4 is 0 Å². The van der Waals surface area contributed by atoms with Gasteiger partial charge in [0.1, 0.15) is 6.61 Å². The highest BCUT2D eigenvalue weighted by atomic mass is 32.5. The van der Waals surface area contributed by atoms with Gasteiger partial charge >= 0.3 is 16.4 Å². The van der Waals surface area contributed by atoms with Crippen LogP contribution in [-0.2, 0) is 9.47 Å². The van der Waals surface area contributed by atoms with Crippen molar-refractivity contribution in [1.29, 1.82) is 0 Å². The summed E-state index contributed by atoms with van der Waals surface area (Å²) in [6.07, 6.45) is -1.21. The van der Waals surface area contributed by atoms with Crippen molar-refractivity contribution in [2.75, 3.05) is 13.2 Å². The van der Waals surface area contributed by atoms with Crippen molar-refractivity contribution in [2.24, 2.45) is 0 Å². The van der Waals surface area contributed by atoms with E-state index in [1.165, 1.54) is 6.92 Å². The zero-order valence-corrected chi connectivity index (χ0v) is 8.41. The number of carbonyl (C=O) groups is 1. The van der Waals surface area contributed by atoms with Crippen molar-refractivity contribution in [2.45, 2.75) is 6.92 Å². The van der Waals surface area contributed by atoms with Gasteiger partial charge in [-0.15, -0.1) is 0 Å². The lowest BCUT2D eigenvalue weighted by molar-refractivity contribution is 0.0673. The molecule has 0 N–H and O–H groups in total. The number of ether oxygens (including phenoxy) is 2. The van der Waals surface area contributed by atoms with Crippen LogP contribution in [0.1, 0.15) is 6.92 Å². The van der Waals surface area contributed by atoms with Gasteiger partial charge in [0.15, 0.2) is 0 Å². The number of carbonyl (C=O) groups excluding carboxylic acids is 1. The van der Waals surface area contributed by atoms with Crippen LogP contribution in [0, 0.1) is 0 Å². The van der Waals surface area contributed by atoms with E-state index in [0.29, 0.717) is 0 Å².